The first-order valence-corrected chi connectivity index (χ1v) is 11.7. The van der Waals surface area contributed by atoms with Crippen molar-refractivity contribution in [2.24, 2.45) is 0 Å². The Morgan fingerprint density at radius 3 is 2.68 bits per heavy atom. The number of carbonyl (C=O) groups is 2. The van der Waals surface area contributed by atoms with Gasteiger partial charge in [-0.3, -0.25) is 9.59 Å². The van der Waals surface area contributed by atoms with E-state index in [1.165, 1.54) is 11.3 Å². The third-order valence-corrected chi connectivity index (χ3v) is 7.62. The predicted molar refractivity (Wildman–Crippen MR) is 121 cm³/mol. The van der Waals surface area contributed by atoms with E-state index in [2.05, 4.69) is 0 Å². The molecule has 31 heavy (non-hydrogen) atoms. The molecule has 160 valence electrons. The fourth-order valence-corrected chi connectivity index (χ4v) is 5.99. The number of furan rings is 1. The minimum absolute atomic E-state index is 0.00896. The van der Waals surface area contributed by atoms with E-state index < -0.39 is 23.5 Å². The van der Waals surface area contributed by atoms with Gasteiger partial charge in [0.15, 0.2) is 11.5 Å². The lowest BCUT2D eigenvalue weighted by atomic mass is 9.91. The van der Waals surface area contributed by atoms with Gasteiger partial charge in [-0.25, -0.2) is 0 Å². The van der Waals surface area contributed by atoms with E-state index >= 15 is 0 Å². The molecule has 3 heterocycles. The van der Waals surface area contributed by atoms with Crippen LogP contribution in [0.25, 0.3) is 11.0 Å². The Labute approximate surface area is 188 Å². The highest BCUT2D eigenvalue weighted by atomic mass is 35.5. The monoisotopic (exact) mass is 455 g/mol. The van der Waals surface area contributed by atoms with Crippen molar-refractivity contribution in [3.8, 4) is 0 Å². The SMILES string of the molecule is Cc1ccsc1C1C(C(=O)c2cc3cc(Cl)ccc3o2)=C(O)C(=O)N1C1CCCCC1. The molecule has 2 aromatic heterocycles. The number of amides is 1. The number of thiophene rings is 1. The Morgan fingerprint density at radius 2 is 1.97 bits per heavy atom. The fraction of sp³-hybridized carbons (Fsp3) is 0.333. The molecule has 1 saturated carbocycles. The number of rotatable bonds is 4. The molecule has 0 radical (unpaired) electrons. The number of hydrogen-bond acceptors (Lipinski definition) is 5. The maximum Gasteiger partial charge on any atom is 0.290 e. The Morgan fingerprint density at radius 1 is 1.19 bits per heavy atom. The minimum atomic E-state index is -0.597. The fourth-order valence-electron chi connectivity index (χ4n) is 4.77. The van der Waals surface area contributed by atoms with E-state index in [0.29, 0.717) is 16.0 Å². The van der Waals surface area contributed by atoms with Crippen LogP contribution < -0.4 is 0 Å². The zero-order chi connectivity index (χ0) is 21.7. The number of aryl methyl sites for hydroxylation is 1. The van der Waals surface area contributed by atoms with Crippen molar-refractivity contribution >= 4 is 45.6 Å². The molecule has 1 amide bonds. The topological polar surface area (TPSA) is 70.7 Å². The number of Topliss-reactive ketones (excluding diaryl/α,β-unsaturated/α-hetero) is 1. The summed E-state index contributed by atoms with van der Waals surface area (Å²) in [5.41, 5.74) is 1.64. The third-order valence-electron chi connectivity index (χ3n) is 6.31. The summed E-state index contributed by atoms with van der Waals surface area (Å²) in [6.45, 7) is 1.97. The third kappa shape index (κ3) is 3.38. The average Bonchev–Trinajstić information content (AvgIpc) is 3.44. The molecule has 0 bridgehead atoms. The van der Waals surface area contributed by atoms with E-state index in [1.807, 2.05) is 18.4 Å². The van der Waals surface area contributed by atoms with Gasteiger partial charge in [0.2, 0.25) is 5.78 Å². The number of halogens is 1. The number of nitrogens with zero attached hydrogens (tertiary/aromatic N) is 1. The van der Waals surface area contributed by atoms with Crippen LogP contribution in [0.5, 0.6) is 0 Å². The van der Waals surface area contributed by atoms with Gasteiger partial charge in [-0.2, -0.15) is 0 Å². The maximum absolute atomic E-state index is 13.6. The predicted octanol–water partition coefficient (Wildman–Crippen LogP) is 6.37. The van der Waals surface area contributed by atoms with Crippen LogP contribution in [0.3, 0.4) is 0 Å². The molecule has 1 fully saturated rings. The summed E-state index contributed by atoms with van der Waals surface area (Å²) in [7, 11) is 0. The Balaban J connectivity index is 1.61. The Kier molecular flexibility index (Phi) is 5.15. The van der Waals surface area contributed by atoms with Gasteiger partial charge in [-0.05, 0) is 61.0 Å². The van der Waals surface area contributed by atoms with Gasteiger partial charge in [-0.1, -0.05) is 30.9 Å². The summed E-state index contributed by atoms with van der Waals surface area (Å²) in [5.74, 6) is -1.30. The second-order valence-electron chi connectivity index (χ2n) is 8.26. The van der Waals surface area contributed by atoms with Crippen molar-refractivity contribution in [3.63, 3.8) is 0 Å². The van der Waals surface area contributed by atoms with Crippen molar-refractivity contribution in [2.75, 3.05) is 0 Å². The van der Waals surface area contributed by atoms with Crippen LogP contribution in [-0.2, 0) is 4.79 Å². The van der Waals surface area contributed by atoms with Crippen LogP contribution in [0.4, 0.5) is 0 Å². The molecule has 1 atom stereocenters. The van der Waals surface area contributed by atoms with Crippen LogP contribution in [0, 0.1) is 6.92 Å². The van der Waals surface area contributed by atoms with Gasteiger partial charge in [0.25, 0.3) is 5.91 Å². The van der Waals surface area contributed by atoms with Crippen LogP contribution in [0.15, 0.2) is 51.5 Å². The molecule has 1 aliphatic carbocycles. The summed E-state index contributed by atoms with van der Waals surface area (Å²) in [4.78, 5) is 29.4. The van der Waals surface area contributed by atoms with E-state index in [-0.39, 0.29) is 17.4 Å². The number of ketones is 1. The summed E-state index contributed by atoms with van der Waals surface area (Å²) in [6.07, 6.45) is 4.99. The summed E-state index contributed by atoms with van der Waals surface area (Å²) < 4.78 is 5.78. The summed E-state index contributed by atoms with van der Waals surface area (Å²) in [5, 5.41) is 14.1. The molecule has 0 spiro atoms. The number of hydrogen-bond donors (Lipinski definition) is 1. The molecular weight excluding hydrogens is 434 g/mol. The van der Waals surface area contributed by atoms with E-state index in [0.717, 1.165) is 42.5 Å². The zero-order valence-corrected chi connectivity index (χ0v) is 18.6. The number of fused-ring (bicyclic) bond motifs is 1. The highest BCUT2D eigenvalue weighted by molar-refractivity contribution is 7.10. The number of aliphatic hydroxyl groups is 1. The highest BCUT2D eigenvalue weighted by Gasteiger charge is 2.48. The lowest BCUT2D eigenvalue weighted by Gasteiger charge is -2.36. The molecule has 2 aliphatic rings. The smallest absolute Gasteiger partial charge is 0.290 e. The molecular formula is C24H22ClNO4S. The van der Waals surface area contributed by atoms with E-state index in [9.17, 15) is 14.7 Å². The van der Waals surface area contributed by atoms with Crippen molar-refractivity contribution in [2.45, 2.75) is 51.1 Å². The quantitative estimate of drug-likeness (QED) is 0.464. The molecule has 1 N–H and O–H groups in total. The van der Waals surface area contributed by atoms with Crippen LogP contribution in [0.2, 0.25) is 5.02 Å². The molecule has 3 aromatic rings. The summed E-state index contributed by atoms with van der Waals surface area (Å²) in [6, 6.07) is 8.13. The first-order chi connectivity index (χ1) is 15.0. The lowest BCUT2D eigenvalue weighted by molar-refractivity contribution is -0.132. The molecule has 1 aliphatic heterocycles. The van der Waals surface area contributed by atoms with Gasteiger partial charge < -0.3 is 14.4 Å². The molecule has 5 nitrogen and oxygen atoms in total. The van der Waals surface area contributed by atoms with Gasteiger partial charge in [-0.15, -0.1) is 11.3 Å². The lowest BCUT2D eigenvalue weighted by Crippen LogP contribution is -2.41. The van der Waals surface area contributed by atoms with Crippen molar-refractivity contribution < 1.29 is 19.1 Å². The Bertz CT molecular complexity index is 1220. The zero-order valence-electron chi connectivity index (χ0n) is 17.1. The minimum Gasteiger partial charge on any atom is -0.503 e. The van der Waals surface area contributed by atoms with Crippen LogP contribution >= 0.6 is 22.9 Å². The standard InChI is InChI=1S/C24H22ClNO4S/c1-13-9-10-31-23(13)20-19(22(28)24(29)26(20)16-5-3-2-4-6-16)21(27)18-12-14-11-15(25)7-8-17(14)30-18/h7-12,16,20,28H,2-6H2,1H3. The molecule has 1 aromatic carbocycles. The second kappa shape index (κ2) is 7.84. The van der Waals surface area contributed by atoms with Crippen LogP contribution in [-0.4, -0.2) is 27.7 Å². The number of benzene rings is 1. The number of aliphatic hydroxyl groups excluding tert-OH is 1. The second-order valence-corrected chi connectivity index (χ2v) is 9.64. The normalized spacial score (nSPS) is 20.3. The van der Waals surface area contributed by atoms with E-state index in [4.69, 9.17) is 16.0 Å². The van der Waals surface area contributed by atoms with E-state index in [1.54, 1.807) is 29.2 Å². The highest BCUT2D eigenvalue weighted by Crippen LogP contribution is 2.45. The van der Waals surface area contributed by atoms with Crippen molar-refractivity contribution in [1.82, 2.24) is 4.90 Å². The first-order valence-electron chi connectivity index (χ1n) is 10.5. The van der Waals surface area contributed by atoms with Crippen molar-refractivity contribution in [3.05, 3.63) is 68.3 Å². The number of carbonyl (C=O) groups excluding carboxylic acids is 2. The van der Waals surface area contributed by atoms with Gasteiger partial charge in [0.05, 0.1) is 5.57 Å². The van der Waals surface area contributed by atoms with Gasteiger partial charge in [0, 0.05) is 21.3 Å². The van der Waals surface area contributed by atoms with Crippen LogP contribution in [0.1, 0.15) is 59.1 Å². The molecule has 0 saturated heterocycles. The van der Waals surface area contributed by atoms with Gasteiger partial charge in [0.1, 0.15) is 11.6 Å². The summed E-state index contributed by atoms with van der Waals surface area (Å²) >= 11 is 7.57. The molecule has 7 heteroatoms. The van der Waals surface area contributed by atoms with Gasteiger partial charge >= 0.3 is 0 Å². The Hall–Kier alpha value is -2.57. The average molecular weight is 456 g/mol. The largest absolute Gasteiger partial charge is 0.503 e. The molecule has 1 unspecified atom stereocenters. The first kappa shape index (κ1) is 20.3. The maximum atomic E-state index is 13.6. The molecule has 5 rings (SSSR count). The van der Waals surface area contributed by atoms with Crippen molar-refractivity contribution in [1.29, 1.82) is 0 Å².